The lowest BCUT2D eigenvalue weighted by Crippen LogP contribution is -2.39. The van der Waals surface area contributed by atoms with Gasteiger partial charge >= 0.3 is 0 Å². The average Bonchev–Trinajstić information content (AvgIpc) is 2.90. The number of tetrazole rings is 1. The maximum Gasteiger partial charge on any atom is 0.246 e. The number of hydrogen-bond donors (Lipinski definition) is 1. The molecule has 0 aliphatic rings. The molecule has 0 fully saturated rings. The Hall–Kier alpha value is -2.25. The molecule has 116 valence electrons. The second kappa shape index (κ2) is 6.96. The third-order valence-electron chi connectivity index (χ3n) is 2.70. The van der Waals surface area contributed by atoms with Crippen molar-refractivity contribution < 1.29 is 9.59 Å². The van der Waals surface area contributed by atoms with Gasteiger partial charge in [0.25, 0.3) is 0 Å². The van der Waals surface area contributed by atoms with Gasteiger partial charge in [-0.05, 0) is 39.0 Å². The van der Waals surface area contributed by atoms with E-state index in [9.17, 15) is 9.59 Å². The summed E-state index contributed by atoms with van der Waals surface area (Å²) in [5.74, 6) is -0.125. The number of aromatic nitrogens is 4. The zero-order chi connectivity index (χ0) is 16.0. The lowest BCUT2D eigenvalue weighted by atomic mass is 10.1. The summed E-state index contributed by atoms with van der Waals surface area (Å²) < 4.78 is 0. The normalized spacial score (nSPS) is 11.0. The summed E-state index contributed by atoms with van der Waals surface area (Å²) in [7, 11) is 0. The Morgan fingerprint density at radius 3 is 2.57 bits per heavy atom. The molecule has 0 saturated carbocycles. The van der Waals surface area contributed by atoms with Crippen molar-refractivity contribution in [2.24, 2.45) is 0 Å². The number of amides is 2. The van der Waals surface area contributed by atoms with Crippen molar-refractivity contribution in [2.45, 2.75) is 39.8 Å². The minimum absolute atomic E-state index is 0.0191. The summed E-state index contributed by atoms with van der Waals surface area (Å²) in [5, 5.41) is 14.7. The average molecular weight is 294 g/mol. The molecule has 0 radical (unpaired) electrons. The molecule has 0 spiro atoms. The predicted octanol–water partition coefficient (Wildman–Crippen LogP) is 0.0788. The molecule has 1 rings (SSSR count). The van der Waals surface area contributed by atoms with Crippen LogP contribution in [0, 0.1) is 0 Å². The van der Waals surface area contributed by atoms with Crippen LogP contribution in [0.5, 0.6) is 0 Å². The number of likely N-dealkylation sites (N-methyl/N-ethyl adjacent to an activating group) is 1. The van der Waals surface area contributed by atoms with Gasteiger partial charge in [-0.15, -0.1) is 10.2 Å². The molecule has 8 heteroatoms. The fourth-order valence-corrected chi connectivity index (χ4v) is 1.48. The first-order valence-electron chi connectivity index (χ1n) is 6.75. The van der Waals surface area contributed by atoms with Crippen molar-refractivity contribution in [2.75, 3.05) is 13.1 Å². The van der Waals surface area contributed by atoms with Gasteiger partial charge in [-0.1, -0.05) is 6.58 Å². The van der Waals surface area contributed by atoms with Crippen molar-refractivity contribution in [3.8, 4) is 0 Å². The van der Waals surface area contributed by atoms with Crippen LogP contribution < -0.4 is 5.32 Å². The zero-order valence-electron chi connectivity index (χ0n) is 13.0. The molecule has 1 aromatic rings. The maximum atomic E-state index is 11.8. The second-order valence-corrected chi connectivity index (χ2v) is 5.50. The second-order valence-electron chi connectivity index (χ2n) is 5.50. The highest BCUT2D eigenvalue weighted by Crippen LogP contribution is 2.08. The molecule has 0 atom stereocenters. The number of nitrogens with one attached hydrogen (secondary N) is 1. The summed E-state index contributed by atoms with van der Waals surface area (Å²) in [6, 6.07) is 0. The molecule has 0 aromatic carbocycles. The smallest absolute Gasteiger partial charge is 0.246 e. The van der Waals surface area contributed by atoms with Gasteiger partial charge in [0.05, 0.1) is 18.6 Å². The van der Waals surface area contributed by atoms with Gasteiger partial charge < -0.3 is 10.2 Å². The van der Waals surface area contributed by atoms with Gasteiger partial charge in [0, 0.05) is 6.54 Å². The molecular weight excluding hydrogens is 272 g/mol. The zero-order valence-corrected chi connectivity index (χ0v) is 13.0. The van der Waals surface area contributed by atoms with Gasteiger partial charge in [0.2, 0.25) is 11.8 Å². The minimum atomic E-state index is -0.279. The van der Waals surface area contributed by atoms with E-state index in [4.69, 9.17) is 0 Å². The van der Waals surface area contributed by atoms with Crippen LogP contribution in [0.25, 0.3) is 0 Å². The van der Waals surface area contributed by atoms with Crippen molar-refractivity contribution in [3.05, 3.63) is 18.5 Å². The molecule has 0 aliphatic heterocycles. The van der Waals surface area contributed by atoms with E-state index in [1.54, 1.807) is 6.92 Å². The Balaban J connectivity index is 2.51. The Morgan fingerprint density at radius 2 is 2.10 bits per heavy atom. The van der Waals surface area contributed by atoms with Crippen LogP contribution in [0.3, 0.4) is 0 Å². The molecule has 1 N–H and O–H groups in total. The highest BCUT2D eigenvalue weighted by Gasteiger charge is 2.17. The van der Waals surface area contributed by atoms with E-state index in [0.29, 0.717) is 12.4 Å². The number of nitrogens with zero attached hydrogens (tertiary/aromatic N) is 5. The summed E-state index contributed by atoms with van der Waals surface area (Å²) in [5.41, 5.74) is -0.259. The van der Waals surface area contributed by atoms with E-state index in [1.807, 2.05) is 20.8 Å². The Morgan fingerprint density at radius 1 is 1.43 bits per heavy atom. The SMILES string of the molecule is C=CC(=O)N(CC)CC(=O)NCc1nnn(C(C)(C)C)n1. The van der Waals surface area contributed by atoms with Gasteiger partial charge in [0.15, 0.2) is 5.82 Å². The molecular formula is C13H22N6O2. The Kier molecular flexibility index (Phi) is 5.57. The number of rotatable bonds is 6. The van der Waals surface area contributed by atoms with Crippen LogP contribution in [0.15, 0.2) is 12.7 Å². The van der Waals surface area contributed by atoms with Crippen molar-refractivity contribution in [1.29, 1.82) is 0 Å². The van der Waals surface area contributed by atoms with E-state index in [1.165, 1.54) is 15.8 Å². The standard InChI is InChI=1S/C13H22N6O2/c1-6-12(21)18(7-2)9-11(20)14-8-10-15-17-19(16-10)13(3,4)5/h6H,1,7-9H2,2-5H3,(H,14,20). The summed E-state index contributed by atoms with van der Waals surface area (Å²) in [6.07, 6.45) is 1.19. The van der Waals surface area contributed by atoms with E-state index in [2.05, 4.69) is 27.3 Å². The molecule has 0 unspecified atom stereocenters. The third-order valence-corrected chi connectivity index (χ3v) is 2.70. The van der Waals surface area contributed by atoms with Crippen LogP contribution >= 0.6 is 0 Å². The third kappa shape index (κ3) is 4.97. The molecule has 0 saturated heterocycles. The predicted molar refractivity (Wildman–Crippen MR) is 77.1 cm³/mol. The van der Waals surface area contributed by atoms with Crippen molar-refractivity contribution >= 4 is 11.8 Å². The van der Waals surface area contributed by atoms with Crippen LogP contribution in [-0.2, 0) is 21.7 Å². The lowest BCUT2D eigenvalue weighted by molar-refractivity contribution is -0.132. The first-order valence-corrected chi connectivity index (χ1v) is 6.75. The fourth-order valence-electron chi connectivity index (χ4n) is 1.48. The largest absolute Gasteiger partial charge is 0.347 e. The molecule has 8 nitrogen and oxygen atoms in total. The topological polar surface area (TPSA) is 93.0 Å². The first kappa shape index (κ1) is 16.8. The summed E-state index contributed by atoms with van der Waals surface area (Å²) in [6.45, 7) is 11.7. The van der Waals surface area contributed by atoms with Crippen molar-refractivity contribution in [3.63, 3.8) is 0 Å². The first-order chi connectivity index (χ1) is 9.77. The molecule has 1 heterocycles. The molecule has 1 aromatic heterocycles. The van der Waals surface area contributed by atoms with E-state index >= 15 is 0 Å². The van der Waals surface area contributed by atoms with E-state index in [-0.39, 0.29) is 30.4 Å². The van der Waals surface area contributed by atoms with Crippen LogP contribution in [-0.4, -0.2) is 50.0 Å². The monoisotopic (exact) mass is 294 g/mol. The summed E-state index contributed by atoms with van der Waals surface area (Å²) >= 11 is 0. The lowest BCUT2D eigenvalue weighted by Gasteiger charge is -2.18. The fraction of sp³-hybridized carbons (Fsp3) is 0.615. The van der Waals surface area contributed by atoms with Crippen molar-refractivity contribution in [1.82, 2.24) is 30.4 Å². The van der Waals surface area contributed by atoms with E-state index in [0.717, 1.165) is 0 Å². The highest BCUT2D eigenvalue weighted by atomic mass is 16.2. The van der Waals surface area contributed by atoms with Crippen LogP contribution in [0.4, 0.5) is 0 Å². The Labute approximate surface area is 124 Å². The van der Waals surface area contributed by atoms with Crippen LogP contribution in [0.2, 0.25) is 0 Å². The van der Waals surface area contributed by atoms with Crippen LogP contribution in [0.1, 0.15) is 33.5 Å². The van der Waals surface area contributed by atoms with Gasteiger partial charge in [-0.3, -0.25) is 9.59 Å². The molecule has 21 heavy (non-hydrogen) atoms. The Bertz CT molecular complexity index is 517. The van der Waals surface area contributed by atoms with Gasteiger partial charge in [0.1, 0.15) is 0 Å². The molecule has 0 aliphatic carbocycles. The van der Waals surface area contributed by atoms with Gasteiger partial charge in [-0.2, -0.15) is 4.80 Å². The number of carbonyl (C=O) groups excluding carboxylic acids is 2. The number of hydrogen-bond acceptors (Lipinski definition) is 5. The number of carbonyl (C=O) groups is 2. The van der Waals surface area contributed by atoms with Gasteiger partial charge in [-0.25, -0.2) is 0 Å². The maximum absolute atomic E-state index is 11.8. The molecule has 0 bridgehead atoms. The minimum Gasteiger partial charge on any atom is -0.347 e. The quantitative estimate of drug-likeness (QED) is 0.750. The highest BCUT2D eigenvalue weighted by molar-refractivity contribution is 5.90. The molecule has 2 amide bonds. The summed E-state index contributed by atoms with van der Waals surface area (Å²) in [4.78, 5) is 26.1. The van der Waals surface area contributed by atoms with E-state index < -0.39 is 0 Å².